The van der Waals surface area contributed by atoms with Crippen LogP contribution in [0.3, 0.4) is 0 Å². The maximum absolute atomic E-state index is 12.8. The molecule has 2 aromatic carbocycles. The van der Waals surface area contributed by atoms with Gasteiger partial charge in [0.05, 0.1) is 28.5 Å². The van der Waals surface area contributed by atoms with E-state index in [-0.39, 0.29) is 11.8 Å². The molecule has 5 rings (SSSR count). The normalized spacial score (nSPS) is 15.9. The molecule has 3 aromatic rings. The molecule has 6 heteroatoms. The molecule has 2 aliphatic heterocycles. The van der Waals surface area contributed by atoms with Crippen LogP contribution >= 0.6 is 0 Å². The molecule has 0 spiro atoms. The third kappa shape index (κ3) is 2.87. The minimum absolute atomic E-state index is 0.0565. The summed E-state index contributed by atoms with van der Waals surface area (Å²) in [6.45, 7) is 1.63. The molecule has 0 bridgehead atoms. The van der Waals surface area contributed by atoms with Crippen molar-refractivity contribution < 1.29 is 9.59 Å². The van der Waals surface area contributed by atoms with Gasteiger partial charge in [-0.1, -0.05) is 6.07 Å². The molecular weight excluding hydrogens is 352 g/mol. The Kier molecular flexibility index (Phi) is 3.97. The number of nitrogens with zero attached hydrogens (tertiary/aromatic N) is 4. The highest BCUT2D eigenvalue weighted by Crippen LogP contribution is 2.25. The predicted molar refractivity (Wildman–Crippen MR) is 107 cm³/mol. The van der Waals surface area contributed by atoms with E-state index in [1.807, 2.05) is 35.2 Å². The fourth-order valence-electron chi connectivity index (χ4n) is 3.78. The van der Waals surface area contributed by atoms with E-state index in [4.69, 9.17) is 4.98 Å². The summed E-state index contributed by atoms with van der Waals surface area (Å²) in [7, 11) is 0. The highest BCUT2D eigenvalue weighted by molar-refractivity contribution is 6.13. The molecule has 0 atom stereocenters. The first-order chi connectivity index (χ1) is 13.7. The van der Waals surface area contributed by atoms with Crippen molar-refractivity contribution in [2.45, 2.75) is 19.3 Å². The van der Waals surface area contributed by atoms with E-state index < -0.39 is 0 Å². The number of rotatable bonds is 2. The van der Waals surface area contributed by atoms with Gasteiger partial charge in [0.2, 0.25) is 0 Å². The first kappa shape index (κ1) is 16.7. The van der Waals surface area contributed by atoms with Gasteiger partial charge in [-0.05, 0) is 49.6 Å². The number of carbonyl (C=O) groups is 2. The number of amides is 2. The van der Waals surface area contributed by atoms with Gasteiger partial charge in [-0.15, -0.1) is 0 Å². The zero-order valence-corrected chi connectivity index (χ0v) is 15.3. The maximum atomic E-state index is 12.8. The van der Waals surface area contributed by atoms with E-state index in [1.54, 1.807) is 18.5 Å². The number of aliphatic imine (C=N–C) groups is 1. The van der Waals surface area contributed by atoms with E-state index >= 15 is 0 Å². The molecule has 2 amide bonds. The second-order valence-corrected chi connectivity index (χ2v) is 7.18. The standard InChI is InChI=1S/C22H18N4O2/c27-21-17-6-4-14(10-16(17)12-24-21)20-13-23-18-7-5-15(11-19(18)25-20)22(28)26-8-2-1-3-9-26/h4-7,10-13H,1-3,8-9H2. The van der Waals surface area contributed by atoms with Crippen molar-refractivity contribution in [1.29, 1.82) is 0 Å². The van der Waals surface area contributed by atoms with E-state index in [9.17, 15) is 9.59 Å². The van der Waals surface area contributed by atoms with Crippen LogP contribution in [0.25, 0.3) is 22.3 Å². The molecular formula is C22H18N4O2. The Morgan fingerprint density at radius 2 is 1.82 bits per heavy atom. The molecule has 0 N–H and O–H groups in total. The zero-order chi connectivity index (χ0) is 19.1. The molecule has 0 aliphatic carbocycles. The van der Waals surface area contributed by atoms with Crippen LogP contribution in [0.15, 0.2) is 47.6 Å². The second kappa shape index (κ2) is 6.64. The lowest BCUT2D eigenvalue weighted by atomic mass is 10.0. The van der Waals surface area contributed by atoms with Crippen molar-refractivity contribution in [3.05, 3.63) is 59.3 Å². The molecule has 6 nitrogen and oxygen atoms in total. The van der Waals surface area contributed by atoms with Gasteiger partial charge in [-0.25, -0.2) is 9.98 Å². The molecule has 0 radical (unpaired) electrons. The van der Waals surface area contributed by atoms with Crippen molar-refractivity contribution in [2.24, 2.45) is 4.99 Å². The van der Waals surface area contributed by atoms with Crippen molar-refractivity contribution >= 4 is 29.1 Å². The lowest BCUT2D eigenvalue weighted by Crippen LogP contribution is -2.35. The van der Waals surface area contributed by atoms with E-state index in [0.29, 0.717) is 22.3 Å². The minimum atomic E-state index is -0.216. The summed E-state index contributed by atoms with van der Waals surface area (Å²) in [5.41, 5.74) is 5.04. The van der Waals surface area contributed by atoms with Crippen LogP contribution in [0, 0.1) is 0 Å². The van der Waals surface area contributed by atoms with Crippen LogP contribution in [0.2, 0.25) is 0 Å². The molecule has 2 aliphatic rings. The average molecular weight is 370 g/mol. The third-order valence-corrected chi connectivity index (χ3v) is 5.33. The Morgan fingerprint density at radius 1 is 0.964 bits per heavy atom. The zero-order valence-electron chi connectivity index (χ0n) is 15.3. The molecule has 28 heavy (non-hydrogen) atoms. The van der Waals surface area contributed by atoms with Gasteiger partial charge < -0.3 is 4.90 Å². The summed E-state index contributed by atoms with van der Waals surface area (Å²) in [5, 5.41) is 0. The van der Waals surface area contributed by atoms with Gasteiger partial charge in [-0.3, -0.25) is 14.6 Å². The van der Waals surface area contributed by atoms with Gasteiger partial charge in [0.1, 0.15) is 0 Å². The van der Waals surface area contributed by atoms with Crippen molar-refractivity contribution in [3.8, 4) is 11.3 Å². The smallest absolute Gasteiger partial charge is 0.277 e. The minimum Gasteiger partial charge on any atom is -0.339 e. The molecule has 1 saturated heterocycles. The van der Waals surface area contributed by atoms with Crippen LogP contribution < -0.4 is 0 Å². The molecule has 0 unspecified atom stereocenters. The van der Waals surface area contributed by atoms with Crippen LogP contribution in [-0.2, 0) is 0 Å². The van der Waals surface area contributed by atoms with Crippen LogP contribution in [0.1, 0.15) is 45.5 Å². The monoisotopic (exact) mass is 370 g/mol. The molecule has 138 valence electrons. The number of carbonyl (C=O) groups excluding carboxylic acids is 2. The average Bonchev–Trinajstić information content (AvgIpc) is 3.13. The van der Waals surface area contributed by atoms with Gasteiger partial charge in [-0.2, -0.15) is 0 Å². The summed E-state index contributed by atoms with van der Waals surface area (Å²) >= 11 is 0. The summed E-state index contributed by atoms with van der Waals surface area (Å²) in [6.07, 6.45) is 6.60. The Balaban J connectivity index is 1.51. The van der Waals surface area contributed by atoms with Crippen molar-refractivity contribution in [1.82, 2.24) is 14.9 Å². The number of piperidine rings is 1. The topological polar surface area (TPSA) is 75.5 Å². The number of benzene rings is 2. The Labute approximate surface area is 161 Å². The maximum Gasteiger partial charge on any atom is 0.277 e. The highest BCUT2D eigenvalue weighted by Gasteiger charge is 2.19. The molecule has 0 saturated carbocycles. The van der Waals surface area contributed by atoms with Crippen molar-refractivity contribution in [2.75, 3.05) is 13.1 Å². The summed E-state index contributed by atoms with van der Waals surface area (Å²) in [4.78, 5) is 39.4. The fourth-order valence-corrected chi connectivity index (χ4v) is 3.78. The van der Waals surface area contributed by atoms with E-state index in [2.05, 4.69) is 9.98 Å². The number of hydrogen-bond acceptors (Lipinski definition) is 4. The number of hydrogen-bond donors (Lipinski definition) is 0. The first-order valence-corrected chi connectivity index (χ1v) is 9.48. The quantitative estimate of drug-likeness (QED) is 0.692. The number of likely N-dealkylation sites (tertiary alicyclic amines) is 1. The largest absolute Gasteiger partial charge is 0.339 e. The summed E-state index contributed by atoms with van der Waals surface area (Å²) in [6, 6.07) is 11.0. The Morgan fingerprint density at radius 3 is 2.68 bits per heavy atom. The van der Waals surface area contributed by atoms with Gasteiger partial charge in [0.25, 0.3) is 11.8 Å². The first-order valence-electron chi connectivity index (χ1n) is 9.48. The second-order valence-electron chi connectivity index (χ2n) is 7.18. The third-order valence-electron chi connectivity index (χ3n) is 5.33. The van der Waals surface area contributed by atoms with Gasteiger partial charge in [0, 0.05) is 36.0 Å². The van der Waals surface area contributed by atoms with Crippen LogP contribution in [0.5, 0.6) is 0 Å². The van der Waals surface area contributed by atoms with Gasteiger partial charge in [0.15, 0.2) is 0 Å². The predicted octanol–water partition coefficient (Wildman–Crippen LogP) is 3.50. The number of fused-ring (bicyclic) bond motifs is 2. The summed E-state index contributed by atoms with van der Waals surface area (Å²) < 4.78 is 0. The van der Waals surface area contributed by atoms with Crippen LogP contribution in [-0.4, -0.2) is 46.0 Å². The SMILES string of the molecule is O=C1N=Cc2cc(-c3cnc4ccc(C(=O)N5CCCCC5)cc4n3)ccc21. The van der Waals surface area contributed by atoms with Crippen molar-refractivity contribution in [3.63, 3.8) is 0 Å². The molecule has 1 fully saturated rings. The lowest BCUT2D eigenvalue weighted by Gasteiger charge is -2.26. The number of aromatic nitrogens is 2. The van der Waals surface area contributed by atoms with E-state index in [0.717, 1.165) is 42.6 Å². The molecule has 1 aromatic heterocycles. The fraction of sp³-hybridized carbons (Fsp3) is 0.227. The lowest BCUT2D eigenvalue weighted by molar-refractivity contribution is 0.0724. The highest BCUT2D eigenvalue weighted by atomic mass is 16.2. The Hall–Kier alpha value is -3.41. The van der Waals surface area contributed by atoms with E-state index in [1.165, 1.54) is 6.42 Å². The Bertz CT molecular complexity index is 1150. The molecule has 3 heterocycles. The van der Waals surface area contributed by atoms with Gasteiger partial charge >= 0.3 is 0 Å². The van der Waals surface area contributed by atoms with Crippen LogP contribution in [0.4, 0.5) is 0 Å². The summed E-state index contributed by atoms with van der Waals surface area (Å²) in [5.74, 6) is -0.159.